The second-order valence-electron chi connectivity index (χ2n) is 8.10. The van der Waals surface area contributed by atoms with Gasteiger partial charge < -0.3 is 9.80 Å². The molecule has 3 aromatic rings. The quantitative estimate of drug-likeness (QED) is 0.622. The van der Waals surface area contributed by atoms with Gasteiger partial charge in [-0.25, -0.2) is 4.98 Å². The Morgan fingerprint density at radius 2 is 1.97 bits per heavy atom. The smallest absolute Gasteiger partial charge is 0.228 e. The molecule has 1 aromatic heterocycles. The number of rotatable bonds is 4. The minimum atomic E-state index is -0.280. The van der Waals surface area contributed by atoms with E-state index in [2.05, 4.69) is 19.1 Å². The van der Waals surface area contributed by atoms with Crippen LogP contribution < -0.4 is 4.90 Å². The summed E-state index contributed by atoms with van der Waals surface area (Å²) in [5.41, 5.74) is 3.09. The van der Waals surface area contributed by atoms with Crippen molar-refractivity contribution < 1.29 is 9.59 Å². The van der Waals surface area contributed by atoms with Gasteiger partial charge in [0.15, 0.2) is 0 Å². The van der Waals surface area contributed by atoms with Crippen molar-refractivity contribution in [3.63, 3.8) is 0 Å². The summed E-state index contributed by atoms with van der Waals surface area (Å²) in [5.74, 6) is -0.135. The number of thiazole rings is 1. The molecular weight excluding hydrogens is 394 g/mol. The first-order valence-electron chi connectivity index (χ1n) is 10.7. The first kappa shape index (κ1) is 19.2. The summed E-state index contributed by atoms with van der Waals surface area (Å²) in [4.78, 5) is 34.8. The number of carbonyl (C=O) groups excluding carboxylic acids is 2. The van der Waals surface area contributed by atoms with Gasteiger partial charge >= 0.3 is 0 Å². The Morgan fingerprint density at radius 3 is 2.80 bits per heavy atom. The van der Waals surface area contributed by atoms with Crippen LogP contribution in [-0.4, -0.2) is 34.8 Å². The average molecular weight is 420 g/mol. The number of hydrogen-bond acceptors (Lipinski definition) is 4. The van der Waals surface area contributed by atoms with Crippen molar-refractivity contribution in [2.24, 2.45) is 5.92 Å². The van der Waals surface area contributed by atoms with Gasteiger partial charge in [0.2, 0.25) is 11.8 Å². The number of hydrogen-bond donors (Lipinski definition) is 0. The first-order valence-corrected chi connectivity index (χ1v) is 11.5. The Hall–Kier alpha value is -2.73. The number of likely N-dealkylation sites (tertiary alicyclic amines) is 1. The Morgan fingerprint density at radius 1 is 1.17 bits per heavy atom. The van der Waals surface area contributed by atoms with Crippen LogP contribution in [0.4, 0.5) is 5.69 Å². The van der Waals surface area contributed by atoms with Crippen molar-refractivity contribution >= 4 is 39.1 Å². The van der Waals surface area contributed by atoms with Crippen LogP contribution in [0.15, 0.2) is 48.5 Å². The zero-order valence-corrected chi connectivity index (χ0v) is 17.9. The highest BCUT2D eigenvalue weighted by Gasteiger charge is 2.41. The zero-order valence-electron chi connectivity index (χ0n) is 17.1. The molecule has 2 saturated heterocycles. The molecule has 154 valence electrons. The van der Waals surface area contributed by atoms with Crippen LogP contribution in [0.2, 0.25) is 0 Å². The van der Waals surface area contributed by atoms with Gasteiger partial charge in [0.25, 0.3) is 0 Å². The number of amides is 2. The number of fused-ring (bicyclic) bond motifs is 1. The topological polar surface area (TPSA) is 53.5 Å². The molecule has 5 rings (SSSR count). The first-order chi connectivity index (χ1) is 14.7. The molecular formula is C24H25N3O2S. The molecule has 5 nitrogen and oxygen atoms in total. The third-order valence-corrected chi connectivity index (χ3v) is 7.41. The van der Waals surface area contributed by atoms with E-state index in [1.54, 1.807) is 11.3 Å². The van der Waals surface area contributed by atoms with Crippen LogP contribution in [0.1, 0.15) is 42.8 Å². The highest BCUT2D eigenvalue weighted by atomic mass is 32.1. The molecule has 3 heterocycles. The number of aryl methyl sites for hydroxylation is 1. The Bertz CT molecular complexity index is 1080. The predicted molar refractivity (Wildman–Crippen MR) is 120 cm³/mol. The van der Waals surface area contributed by atoms with Crippen molar-refractivity contribution in [1.82, 2.24) is 9.88 Å². The zero-order chi connectivity index (χ0) is 20.7. The lowest BCUT2D eigenvalue weighted by Crippen LogP contribution is -2.37. The summed E-state index contributed by atoms with van der Waals surface area (Å²) < 4.78 is 1.16. The lowest BCUT2D eigenvalue weighted by atomic mass is 10.1. The van der Waals surface area contributed by atoms with E-state index in [-0.39, 0.29) is 23.8 Å². The number of carbonyl (C=O) groups is 2. The highest BCUT2D eigenvalue weighted by Crippen LogP contribution is 2.38. The summed E-state index contributed by atoms with van der Waals surface area (Å²) in [6.07, 6.45) is 3.08. The highest BCUT2D eigenvalue weighted by molar-refractivity contribution is 7.18. The summed E-state index contributed by atoms with van der Waals surface area (Å²) in [6, 6.07) is 16.2. The minimum absolute atomic E-state index is 0.0296. The summed E-state index contributed by atoms with van der Waals surface area (Å²) >= 11 is 1.68. The fourth-order valence-corrected chi connectivity index (χ4v) is 5.85. The Kier molecular flexibility index (Phi) is 5.03. The van der Waals surface area contributed by atoms with Gasteiger partial charge in [0.1, 0.15) is 5.01 Å². The van der Waals surface area contributed by atoms with Crippen LogP contribution in [0.25, 0.3) is 10.2 Å². The fourth-order valence-electron chi connectivity index (χ4n) is 4.73. The van der Waals surface area contributed by atoms with E-state index >= 15 is 0 Å². The molecule has 2 amide bonds. The molecule has 0 spiro atoms. The number of nitrogens with zero attached hydrogens (tertiary/aromatic N) is 3. The van der Waals surface area contributed by atoms with Crippen molar-refractivity contribution in [2.75, 3.05) is 18.0 Å². The van der Waals surface area contributed by atoms with Gasteiger partial charge in [-0.05, 0) is 43.0 Å². The van der Waals surface area contributed by atoms with Gasteiger partial charge in [-0.15, -0.1) is 11.3 Å². The normalized spacial score (nSPS) is 21.7. The molecule has 2 atom stereocenters. The SMILES string of the molecule is CCc1ccccc1N1C[C@@H](C(=O)N2CCC[C@@H]2c2nc3ccccc3s2)CC1=O. The molecule has 0 radical (unpaired) electrons. The summed E-state index contributed by atoms with van der Waals surface area (Å²) in [5, 5.41) is 1.01. The predicted octanol–water partition coefficient (Wildman–Crippen LogP) is 4.58. The van der Waals surface area contributed by atoms with Crippen molar-refractivity contribution in [2.45, 2.75) is 38.6 Å². The van der Waals surface area contributed by atoms with Crippen molar-refractivity contribution in [3.8, 4) is 0 Å². The van der Waals surface area contributed by atoms with Crippen LogP contribution in [0.3, 0.4) is 0 Å². The molecule has 2 aliphatic heterocycles. The molecule has 6 heteroatoms. The number of aromatic nitrogens is 1. The van der Waals surface area contributed by atoms with Gasteiger partial charge in [-0.3, -0.25) is 9.59 Å². The largest absolute Gasteiger partial charge is 0.333 e. The monoisotopic (exact) mass is 419 g/mol. The van der Waals surface area contributed by atoms with Crippen LogP contribution in [0, 0.1) is 5.92 Å². The standard InChI is InChI=1S/C24H25N3O2S/c1-2-16-8-3-5-10-19(16)27-15-17(14-22(27)28)24(29)26-13-7-11-20(26)23-25-18-9-4-6-12-21(18)30-23/h3-6,8-10,12,17,20H,2,7,11,13-15H2,1H3/t17-,20+/m0/s1. The molecule has 30 heavy (non-hydrogen) atoms. The second kappa shape index (κ2) is 7.84. The summed E-state index contributed by atoms with van der Waals surface area (Å²) in [6.45, 7) is 3.31. The molecule has 2 aromatic carbocycles. The van der Waals surface area contributed by atoms with Gasteiger partial charge in [-0.2, -0.15) is 0 Å². The third kappa shape index (κ3) is 3.29. The molecule has 0 unspecified atom stereocenters. The average Bonchev–Trinajstić information content (AvgIpc) is 3.50. The fraction of sp³-hybridized carbons (Fsp3) is 0.375. The number of para-hydroxylation sites is 2. The maximum atomic E-state index is 13.4. The molecule has 0 N–H and O–H groups in total. The maximum absolute atomic E-state index is 13.4. The molecule has 2 aliphatic rings. The van der Waals surface area contributed by atoms with Crippen LogP contribution in [-0.2, 0) is 16.0 Å². The number of benzene rings is 2. The molecule has 0 aliphatic carbocycles. The lowest BCUT2D eigenvalue weighted by molar-refractivity contribution is -0.136. The van der Waals surface area contributed by atoms with E-state index < -0.39 is 0 Å². The Labute approximate surface area is 180 Å². The lowest BCUT2D eigenvalue weighted by Gasteiger charge is -2.26. The van der Waals surface area contributed by atoms with Crippen molar-refractivity contribution in [3.05, 3.63) is 59.1 Å². The number of anilines is 1. The molecule has 0 saturated carbocycles. The van der Waals surface area contributed by atoms with E-state index in [4.69, 9.17) is 4.98 Å². The minimum Gasteiger partial charge on any atom is -0.333 e. The molecule has 2 fully saturated rings. The Balaban J connectivity index is 1.37. The summed E-state index contributed by atoms with van der Waals surface area (Å²) in [7, 11) is 0. The van der Waals surface area contributed by atoms with E-state index in [0.29, 0.717) is 13.0 Å². The van der Waals surface area contributed by atoms with E-state index in [0.717, 1.165) is 52.3 Å². The van der Waals surface area contributed by atoms with E-state index in [1.807, 2.05) is 46.2 Å². The maximum Gasteiger partial charge on any atom is 0.228 e. The third-order valence-electron chi connectivity index (χ3n) is 6.27. The van der Waals surface area contributed by atoms with Gasteiger partial charge in [-0.1, -0.05) is 37.3 Å². The van der Waals surface area contributed by atoms with Gasteiger partial charge in [0.05, 0.1) is 22.2 Å². The second-order valence-corrected chi connectivity index (χ2v) is 9.16. The van der Waals surface area contributed by atoms with Crippen LogP contribution in [0.5, 0.6) is 0 Å². The van der Waals surface area contributed by atoms with E-state index in [1.165, 1.54) is 0 Å². The van der Waals surface area contributed by atoms with Crippen LogP contribution >= 0.6 is 11.3 Å². The van der Waals surface area contributed by atoms with Crippen molar-refractivity contribution in [1.29, 1.82) is 0 Å². The molecule has 0 bridgehead atoms. The van der Waals surface area contributed by atoms with Gasteiger partial charge in [0, 0.05) is 25.2 Å². The van der Waals surface area contributed by atoms with E-state index in [9.17, 15) is 9.59 Å².